The van der Waals surface area contributed by atoms with Crippen molar-refractivity contribution in [3.63, 3.8) is 0 Å². The van der Waals surface area contributed by atoms with Crippen molar-refractivity contribution in [2.75, 3.05) is 0 Å². The molecular formula is C10H15N3O2. The summed E-state index contributed by atoms with van der Waals surface area (Å²) in [5, 5.41) is 16.4. The van der Waals surface area contributed by atoms with E-state index in [-0.39, 0.29) is 0 Å². The quantitative estimate of drug-likeness (QED) is 0.754. The molecule has 1 fully saturated rings. The highest BCUT2D eigenvalue weighted by molar-refractivity contribution is 5.87. The number of carbonyl (C=O) groups is 1. The average molecular weight is 209 g/mol. The zero-order valence-corrected chi connectivity index (χ0v) is 8.73. The van der Waals surface area contributed by atoms with Crippen LogP contribution < -0.4 is 5.32 Å². The molecule has 15 heavy (non-hydrogen) atoms. The van der Waals surface area contributed by atoms with Crippen LogP contribution in [-0.2, 0) is 13.1 Å². The number of aryl methyl sites for hydroxylation is 1. The van der Waals surface area contributed by atoms with Crippen LogP contribution >= 0.6 is 0 Å². The fraction of sp³-hybridized carbons (Fsp3) is 0.600. The number of nitrogens with one attached hydrogen (secondary N) is 1. The van der Waals surface area contributed by atoms with Crippen molar-refractivity contribution in [2.24, 2.45) is 0 Å². The van der Waals surface area contributed by atoms with E-state index in [2.05, 4.69) is 10.4 Å². The molecule has 2 N–H and O–H groups in total. The summed E-state index contributed by atoms with van der Waals surface area (Å²) in [5.74, 6) is -0.901. The molecule has 82 valence electrons. The van der Waals surface area contributed by atoms with E-state index in [1.807, 2.05) is 6.92 Å². The fourth-order valence-corrected chi connectivity index (χ4v) is 1.58. The number of carboxylic acids is 1. The second-order valence-electron chi connectivity index (χ2n) is 3.79. The molecule has 1 heterocycles. The second kappa shape index (κ2) is 4.02. The number of nitrogens with zero attached hydrogens (tertiary/aromatic N) is 2. The summed E-state index contributed by atoms with van der Waals surface area (Å²) >= 11 is 0. The Bertz CT molecular complexity index is 369. The first-order valence-electron chi connectivity index (χ1n) is 5.23. The molecule has 1 aliphatic carbocycles. The third kappa shape index (κ3) is 2.18. The van der Waals surface area contributed by atoms with Crippen molar-refractivity contribution in [1.29, 1.82) is 0 Å². The van der Waals surface area contributed by atoms with Gasteiger partial charge in [0.25, 0.3) is 0 Å². The third-order valence-electron chi connectivity index (χ3n) is 2.58. The van der Waals surface area contributed by atoms with Crippen LogP contribution in [0.25, 0.3) is 0 Å². The number of carboxylic acid groups (broad SMARTS) is 1. The summed E-state index contributed by atoms with van der Waals surface area (Å²) < 4.78 is 1.52. The summed E-state index contributed by atoms with van der Waals surface area (Å²) in [6.45, 7) is 3.08. The van der Waals surface area contributed by atoms with Crippen LogP contribution in [0.5, 0.6) is 0 Å². The largest absolute Gasteiger partial charge is 0.477 e. The van der Waals surface area contributed by atoms with E-state index in [1.165, 1.54) is 17.5 Å². The maximum Gasteiger partial charge on any atom is 0.354 e. The number of aromatic carboxylic acids is 1. The molecule has 1 saturated carbocycles. The summed E-state index contributed by atoms with van der Waals surface area (Å²) in [7, 11) is 0. The molecule has 5 heteroatoms. The van der Waals surface area contributed by atoms with Gasteiger partial charge >= 0.3 is 5.97 Å². The minimum absolute atomic E-state index is 0.311. The Balaban J connectivity index is 2.13. The van der Waals surface area contributed by atoms with Crippen molar-refractivity contribution >= 4 is 5.97 Å². The third-order valence-corrected chi connectivity index (χ3v) is 2.58. The zero-order valence-electron chi connectivity index (χ0n) is 8.73. The summed E-state index contributed by atoms with van der Waals surface area (Å²) in [6, 6.07) is 0.580. The van der Waals surface area contributed by atoms with Gasteiger partial charge in [-0.25, -0.2) is 4.79 Å². The summed E-state index contributed by atoms with van der Waals surface area (Å²) in [5.41, 5.74) is 1.09. The lowest BCUT2D eigenvalue weighted by molar-refractivity contribution is 0.0682. The Morgan fingerprint density at radius 2 is 2.47 bits per heavy atom. The number of hydrogen-bond donors (Lipinski definition) is 2. The molecule has 1 aromatic rings. The molecular weight excluding hydrogens is 194 g/mol. The van der Waals surface area contributed by atoms with Gasteiger partial charge in [-0.2, -0.15) is 5.10 Å². The first-order valence-corrected chi connectivity index (χ1v) is 5.23. The molecule has 0 aliphatic heterocycles. The van der Waals surface area contributed by atoms with Gasteiger partial charge in [-0.15, -0.1) is 0 Å². The smallest absolute Gasteiger partial charge is 0.354 e. The fourth-order valence-electron chi connectivity index (χ4n) is 1.58. The highest BCUT2D eigenvalue weighted by atomic mass is 16.4. The Kier molecular flexibility index (Phi) is 2.73. The molecule has 1 aliphatic rings. The predicted molar refractivity (Wildman–Crippen MR) is 54.7 cm³/mol. The van der Waals surface area contributed by atoms with Gasteiger partial charge in [0.15, 0.2) is 5.69 Å². The zero-order chi connectivity index (χ0) is 10.8. The number of rotatable bonds is 5. The van der Waals surface area contributed by atoms with Crippen LogP contribution in [0.4, 0.5) is 0 Å². The molecule has 0 aromatic carbocycles. The lowest BCUT2D eigenvalue weighted by Gasteiger charge is -2.03. The van der Waals surface area contributed by atoms with Gasteiger partial charge in [0.2, 0.25) is 0 Å². The van der Waals surface area contributed by atoms with Gasteiger partial charge in [0.05, 0.1) is 6.20 Å². The van der Waals surface area contributed by atoms with E-state index in [0.717, 1.165) is 5.56 Å². The molecule has 5 nitrogen and oxygen atoms in total. The topological polar surface area (TPSA) is 67.2 Å². The summed E-state index contributed by atoms with van der Waals surface area (Å²) in [4.78, 5) is 11.0. The highest BCUT2D eigenvalue weighted by Gasteiger charge is 2.22. The standard InChI is InChI=1S/C10H15N3O2/c1-2-13-9(10(14)15)7(6-12-13)5-11-8-3-4-8/h6,8,11H,2-5H2,1H3,(H,14,15). The van der Waals surface area contributed by atoms with Crippen LogP contribution in [0.1, 0.15) is 35.8 Å². The van der Waals surface area contributed by atoms with Crippen LogP contribution in [-0.4, -0.2) is 26.9 Å². The van der Waals surface area contributed by atoms with Crippen molar-refractivity contribution < 1.29 is 9.90 Å². The molecule has 0 bridgehead atoms. The maximum atomic E-state index is 11.0. The summed E-state index contributed by atoms with van der Waals surface area (Å²) in [6.07, 6.45) is 4.04. The molecule has 0 spiro atoms. The van der Waals surface area contributed by atoms with Crippen molar-refractivity contribution in [3.05, 3.63) is 17.5 Å². The minimum Gasteiger partial charge on any atom is -0.477 e. The van der Waals surface area contributed by atoms with Crippen molar-refractivity contribution in [1.82, 2.24) is 15.1 Å². The monoisotopic (exact) mass is 209 g/mol. The Morgan fingerprint density at radius 3 is 3.00 bits per heavy atom. The van der Waals surface area contributed by atoms with E-state index >= 15 is 0 Å². The van der Waals surface area contributed by atoms with Crippen LogP contribution in [0.15, 0.2) is 6.20 Å². The second-order valence-corrected chi connectivity index (χ2v) is 3.79. The van der Waals surface area contributed by atoms with Gasteiger partial charge < -0.3 is 10.4 Å². The molecule has 0 amide bonds. The van der Waals surface area contributed by atoms with Crippen LogP contribution in [0.2, 0.25) is 0 Å². The first kappa shape index (κ1) is 10.2. The highest BCUT2D eigenvalue weighted by Crippen LogP contribution is 2.20. The van der Waals surface area contributed by atoms with E-state index in [1.54, 1.807) is 6.20 Å². The van der Waals surface area contributed by atoms with Gasteiger partial charge in [-0.3, -0.25) is 4.68 Å². The van der Waals surface area contributed by atoms with E-state index in [0.29, 0.717) is 24.8 Å². The predicted octanol–water partition coefficient (Wildman–Crippen LogP) is 0.853. The van der Waals surface area contributed by atoms with Gasteiger partial charge in [-0.1, -0.05) is 0 Å². The SMILES string of the molecule is CCn1ncc(CNC2CC2)c1C(=O)O. The Morgan fingerprint density at radius 1 is 1.73 bits per heavy atom. The van der Waals surface area contributed by atoms with Crippen LogP contribution in [0, 0.1) is 0 Å². The maximum absolute atomic E-state index is 11.0. The lowest BCUT2D eigenvalue weighted by atomic mass is 10.2. The molecule has 0 saturated heterocycles. The Labute approximate surface area is 88.1 Å². The average Bonchev–Trinajstić information content (AvgIpc) is 2.93. The van der Waals surface area contributed by atoms with E-state index < -0.39 is 5.97 Å². The molecule has 1 aromatic heterocycles. The number of hydrogen-bond acceptors (Lipinski definition) is 3. The molecule has 2 rings (SSSR count). The van der Waals surface area contributed by atoms with Gasteiger partial charge in [-0.05, 0) is 19.8 Å². The van der Waals surface area contributed by atoms with E-state index in [4.69, 9.17) is 5.11 Å². The molecule has 0 atom stereocenters. The van der Waals surface area contributed by atoms with Crippen LogP contribution in [0.3, 0.4) is 0 Å². The lowest BCUT2D eigenvalue weighted by Crippen LogP contribution is -2.18. The van der Waals surface area contributed by atoms with Gasteiger partial charge in [0.1, 0.15) is 0 Å². The normalized spacial score (nSPS) is 15.5. The first-order chi connectivity index (χ1) is 7.22. The van der Waals surface area contributed by atoms with E-state index in [9.17, 15) is 4.79 Å². The van der Waals surface area contributed by atoms with Crippen molar-refractivity contribution in [2.45, 2.75) is 38.9 Å². The Hall–Kier alpha value is -1.36. The number of aromatic nitrogens is 2. The van der Waals surface area contributed by atoms with Gasteiger partial charge in [0, 0.05) is 24.7 Å². The minimum atomic E-state index is -0.901. The van der Waals surface area contributed by atoms with Crippen molar-refractivity contribution in [3.8, 4) is 0 Å². The molecule has 0 radical (unpaired) electrons. The molecule has 0 unspecified atom stereocenters.